The molecule has 0 unspecified atom stereocenters. The highest BCUT2D eigenvalue weighted by Crippen LogP contribution is 2.16. The van der Waals surface area contributed by atoms with Crippen LogP contribution >= 0.6 is 11.3 Å². The van der Waals surface area contributed by atoms with Gasteiger partial charge in [0, 0.05) is 16.6 Å². The zero-order chi connectivity index (χ0) is 16.6. The summed E-state index contributed by atoms with van der Waals surface area (Å²) < 4.78 is 1.52. The number of carbonyl (C=O) groups excluding carboxylic acids is 1. The number of thiazole rings is 1. The van der Waals surface area contributed by atoms with Crippen molar-refractivity contribution in [1.29, 1.82) is 0 Å². The van der Waals surface area contributed by atoms with Crippen molar-refractivity contribution in [2.24, 2.45) is 0 Å². The molecule has 0 fully saturated rings. The summed E-state index contributed by atoms with van der Waals surface area (Å²) in [5.41, 5.74) is 3.00. The molecule has 23 heavy (non-hydrogen) atoms. The first-order chi connectivity index (χ1) is 11.0. The summed E-state index contributed by atoms with van der Waals surface area (Å²) in [5.74, 6) is -0.303. The van der Waals surface area contributed by atoms with Crippen LogP contribution in [-0.4, -0.2) is 15.3 Å². The van der Waals surface area contributed by atoms with Crippen LogP contribution in [0.4, 0.5) is 5.69 Å². The second-order valence-electron chi connectivity index (χ2n) is 5.38. The van der Waals surface area contributed by atoms with E-state index in [2.05, 4.69) is 17.2 Å². The van der Waals surface area contributed by atoms with Gasteiger partial charge in [-0.2, -0.15) is 0 Å². The second kappa shape index (κ2) is 5.96. The number of hydrogen-bond acceptors (Lipinski definition) is 4. The fourth-order valence-electron chi connectivity index (χ4n) is 2.41. The molecule has 6 heteroatoms. The highest BCUT2D eigenvalue weighted by molar-refractivity contribution is 7.15. The van der Waals surface area contributed by atoms with Crippen molar-refractivity contribution in [3.05, 3.63) is 62.5 Å². The monoisotopic (exact) mass is 327 g/mol. The molecule has 118 valence electrons. The van der Waals surface area contributed by atoms with Gasteiger partial charge in [0.25, 0.3) is 11.5 Å². The number of aromatic nitrogens is 2. The molecule has 1 N–H and O–H groups in total. The van der Waals surface area contributed by atoms with E-state index >= 15 is 0 Å². The Morgan fingerprint density at radius 3 is 2.61 bits per heavy atom. The van der Waals surface area contributed by atoms with E-state index in [0.29, 0.717) is 16.2 Å². The first-order valence-corrected chi connectivity index (χ1v) is 8.27. The van der Waals surface area contributed by atoms with E-state index in [1.165, 1.54) is 15.7 Å². The lowest BCUT2D eigenvalue weighted by Crippen LogP contribution is -2.25. The molecule has 0 saturated heterocycles. The first kappa shape index (κ1) is 15.4. The van der Waals surface area contributed by atoms with Crippen molar-refractivity contribution in [2.45, 2.75) is 27.2 Å². The molecule has 2 heterocycles. The van der Waals surface area contributed by atoms with E-state index in [9.17, 15) is 9.59 Å². The summed E-state index contributed by atoms with van der Waals surface area (Å²) >= 11 is 1.41. The van der Waals surface area contributed by atoms with Gasteiger partial charge in [-0.15, -0.1) is 11.3 Å². The average molecular weight is 327 g/mol. The lowest BCUT2D eigenvalue weighted by atomic mass is 10.1. The van der Waals surface area contributed by atoms with Crippen molar-refractivity contribution < 1.29 is 4.79 Å². The number of amides is 1. The number of anilines is 1. The minimum absolute atomic E-state index is 0.230. The molecule has 0 aliphatic carbocycles. The van der Waals surface area contributed by atoms with Crippen molar-refractivity contribution in [1.82, 2.24) is 9.38 Å². The van der Waals surface area contributed by atoms with Gasteiger partial charge in [0.05, 0.1) is 5.69 Å². The fourth-order valence-corrected chi connectivity index (χ4v) is 3.31. The molecule has 0 aliphatic heterocycles. The van der Waals surface area contributed by atoms with Crippen LogP contribution in [0.15, 0.2) is 34.4 Å². The van der Waals surface area contributed by atoms with Crippen LogP contribution in [0.2, 0.25) is 0 Å². The third kappa shape index (κ3) is 2.77. The molecule has 5 nitrogen and oxygen atoms in total. The third-order valence-corrected chi connectivity index (χ3v) is 4.73. The van der Waals surface area contributed by atoms with Crippen LogP contribution in [0.5, 0.6) is 0 Å². The molecule has 0 bridgehead atoms. The molecule has 1 aromatic carbocycles. The number of hydrogen-bond donors (Lipinski definition) is 1. The Morgan fingerprint density at radius 1 is 1.26 bits per heavy atom. The Balaban J connectivity index is 1.98. The number of nitrogens with zero attached hydrogens (tertiary/aromatic N) is 2. The molecule has 0 spiro atoms. The molecule has 0 aliphatic rings. The van der Waals surface area contributed by atoms with Gasteiger partial charge in [0.2, 0.25) is 0 Å². The summed E-state index contributed by atoms with van der Waals surface area (Å²) in [5, 5.41) is 4.58. The second-order valence-corrected chi connectivity index (χ2v) is 6.21. The maximum absolute atomic E-state index is 12.6. The van der Waals surface area contributed by atoms with E-state index in [1.807, 2.05) is 24.4 Å². The SMILES string of the molecule is CCc1ccc(C(=O)Nc2c(C)nc3scc(C)n3c2=O)cc1. The highest BCUT2D eigenvalue weighted by Gasteiger charge is 2.15. The normalized spacial score (nSPS) is 10.9. The summed E-state index contributed by atoms with van der Waals surface area (Å²) in [7, 11) is 0. The van der Waals surface area contributed by atoms with E-state index < -0.39 is 0 Å². The van der Waals surface area contributed by atoms with Crippen LogP contribution in [0.25, 0.3) is 4.96 Å². The van der Waals surface area contributed by atoms with E-state index in [0.717, 1.165) is 17.7 Å². The Morgan fingerprint density at radius 2 is 1.96 bits per heavy atom. The Bertz CT molecular complexity index is 939. The molecule has 0 atom stereocenters. The van der Waals surface area contributed by atoms with Crippen molar-refractivity contribution in [2.75, 3.05) is 5.32 Å². The quantitative estimate of drug-likeness (QED) is 0.803. The largest absolute Gasteiger partial charge is 0.316 e. The minimum Gasteiger partial charge on any atom is -0.316 e. The van der Waals surface area contributed by atoms with Crippen molar-refractivity contribution in [3.8, 4) is 0 Å². The molecule has 3 aromatic rings. The summed E-state index contributed by atoms with van der Waals surface area (Å²) in [6, 6.07) is 7.37. The van der Waals surface area contributed by atoms with Gasteiger partial charge < -0.3 is 5.32 Å². The zero-order valence-electron chi connectivity index (χ0n) is 13.2. The zero-order valence-corrected chi connectivity index (χ0v) is 14.0. The molecule has 1 amide bonds. The summed E-state index contributed by atoms with van der Waals surface area (Å²) in [6.45, 7) is 5.63. The predicted octanol–water partition coefficient (Wildman–Crippen LogP) is 3.19. The van der Waals surface area contributed by atoms with Crippen LogP contribution in [0, 0.1) is 13.8 Å². The van der Waals surface area contributed by atoms with Crippen molar-refractivity contribution in [3.63, 3.8) is 0 Å². The van der Waals surface area contributed by atoms with Gasteiger partial charge in [0.1, 0.15) is 5.69 Å². The minimum atomic E-state index is -0.303. The third-order valence-electron chi connectivity index (χ3n) is 3.78. The van der Waals surface area contributed by atoms with Crippen LogP contribution in [0.1, 0.15) is 34.2 Å². The molecule has 0 radical (unpaired) electrons. The van der Waals surface area contributed by atoms with Gasteiger partial charge in [-0.3, -0.25) is 14.0 Å². The van der Waals surface area contributed by atoms with Gasteiger partial charge in [-0.25, -0.2) is 4.98 Å². The number of nitrogens with one attached hydrogen (secondary N) is 1. The van der Waals surface area contributed by atoms with E-state index in [1.54, 1.807) is 19.1 Å². The Kier molecular flexibility index (Phi) is 4.00. The van der Waals surface area contributed by atoms with Gasteiger partial charge in [-0.05, 0) is 38.0 Å². The predicted molar refractivity (Wildman–Crippen MR) is 92.6 cm³/mol. The van der Waals surface area contributed by atoms with Crippen molar-refractivity contribution >= 4 is 27.9 Å². The van der Waals surface area contributed by atoms with Gasteiger partial charge in [-0.1, -0.05) is 19.1 Å². The smallest absolute Gasteiger partial charge is 0.282 e. The van der Waals surface area contributed by atoms with Crippen LogP contribution < -0.4 is 10.9 Å². The topological polar surface area (TPSA) is 63.5 Å². The van der Waals surface area contributed by atoms with Gasteiger partial charge >= 0.3 is 0 Å². The molecule has 3 rings (SSSR count). The van der Waals surface area contributed by atoms with E-state index in [4.69, 9.17) is 0 Å². The average Bonchev–Trinajstić information content (AvgIpc) is 2.92. The van der Waals surface area contributed by atoms with E-state index in [-0.39, 0.29) is 17.2 Å². The Labute approximate surface area is 137 Å². The van der Waals surface area contributed by atoms with Crippen LogP contribution in [0.3, 0.4) is 0 Å². The van der Waals surface area contributed by atoms with Crippen LogP contribution in [-0.2, 0) is 6.42 Å². The molecule has 2 aromatic heterocycles. The summed E-state index contributed by atoms with van der Waals surface area (Å²) in [6.07, 6.45) is 0.917. The lowest BCUT2D eigenvalue weighted by Gasteiger charge is -2.08. The summed E-state index contributed by atoms with van der Waals surface area (Å²) in [4.78, 5) is 30.0. The maximum atomic E-state index is 12.6. The number of rotatable bonds is 3. The fraction of sp³-hybridized carbons (Fsp3) is 0.235. The number of carbonyl (C=O) groups is 1. The molecular formula is C17H17N3O2S. The maximum Gasteiger partial charge on any atom is 0.282 e. The molecule has 0 saturated carbocycles. The number of fused-ring (bicyclic) bond motifs is 1. The highest BCUT2D eigenvalue weighted by atomic mass is 32.1. The molecular weight excluding hydrogens is 310 g/mol. The number of benzene rings is 1. The first-order valence-electron chi connectivity index (χ1n) is 7.39. The Hall–Kier alpha value is -2.47. The number of aryl methyl sites for hydroxylation is 3. The lowest BCUT2D eigenvalue weighted by molar-refractivity contribution is 0.102. The van der Waals surface area contributed by atoms with Gasteiger partial charge in [0.15, 0.2) is 4.96 Å². The standard InChI is InChI=1S/C17H17N3O2S/c1-4-12-5-7-13(8-6-12)15(21)19-14-11(3)18-17-20(16(14)22)10(2)9-23-17/h5-9H,4H2,1-3H3,(H,19,21).